The Morgan fingerprint density at radius 3 is 2.32 bits per heavy atom. The lowest BCUT2D eigenvalue weighted by molar-refractivity contribution is -0.109. The van der Waals surface area contributed by atoms with Gasteiger partial charge in [-0.05, 0) is 45.6 Å². The lowest BCUT2D eigenvalue weighted by Crippen LogP contribution is -2.43. The van der Waals surface area contributed by atoms with Crippen LogP contribution in [-0.2, 0) is 4.79 Å². The summed E-state index contributed by atoms with van der Waals surface area (Å²) < 4.78 is 35.6. The maximum atomic E-state index is 11.9. The number of aromatic nitrogens is 2. The summed E-state index contributed by atoms with van der Waals surface area (Å²) in [6.45, 7) is 11.8. The van der Waals surface area contributed by atoms with Crippen LogP contribution in [0.4, 0.5) is 19.0 Å². The number of anilines is 1. The third kappa shape index (κ3) is 10.3. The first-order valence-electron chi connectivity index (χ1n) is 10.8. The van der Waals surface area contributed by atoms with Gasteiger partial charge in [-0.25, -0.2) is 9.97 Å². The summed E-state index contributed by atoms with van der Waals surface area (Å²) in [7, 11) is 3.06. The number of allylic oxidation sites excluding steroid dienone is 7. The van der Waals surface area contributed by atoms with Crippen LogP contribution in [0.25, 0.3) is 6.08 Å². The number of rotatable bonds is 8. The van der Waals surface area contributed by atoms with E-state index in [9.17, 15) is 18.0 Å². The van der Waals surface area contributed by atoms with Crippen LogP contribution in [0.2, 0.25) is 0 Å². The Bertz CT molecular complexity index is 884. The zero-order chi connectivity index (χ0) is 26.3. The molecule has 0 bridgehead atoms. The SMILES string of the molecule is C=C/C(C)=C\C=C(/C)C(F)(F)F.C=C/C=C\c1c(C)ncnc1N(C)C1CC(CC=O)C1.CO. The molecular weight excluding hydrogens is 443 g/mol. The third-order valence-electron chi connectivity index (χ3n) is 5.35. The number of aldehydes is 1. The van der Waals surface area contributed by atoms with Crippen molar-refractivity contribution in [3.8, 4) is 0 Å². The Kier molecular flexibility index (Phi) is 14.4. The molecule has 1 heterocycles. The first-order chi connectivity index (χ1) is 16.0. The Labute approximate surface area is 201 Å². The van der Waals surface area contributed by atoms with Crippen LogP contribution in [0.15, 0.2) is 61.0 Å². The van der Waals surface area contributed by atoms with Crippen molar-refractivity contribution < 1.29 is 23.1 Å². The first kappa shape index (κ1) is 31.0. The highest BCUT2D eigenvalue weighted by Gasteiger charge is 2.33. The summed E-state index contributed by atoms with van der Waals surface area (Å²) in [5, 5.41) is 7.00. The van der Waals surface area contributed by atoms with E-state index in [1.54, 1.807) is 19.3 Å². The molecule has 0 amide bonds. The number of alkyl halides is 3. The third-order valence-corrected chi connectivity index (χ3v) is 5.35. The van der Waals surface area contributed by atoms with Gasteiger partial charge >= 0.3 is 6.18 Å². The standard InChI is InChI=1S/C16H21N3O.C9H11F3.CH4O/c1-4-5-6-15-12(2)17-11-18-16(15)19(3)14-9-13(10-14)7-8-20;1-4-7(2)5-6-8(3)9(10,11)12;1-2/h4-6,8,11,13-14H,1,7,9-10H2,2-3H3;4-6H,1H2,2-3H3;2H,1H3/b6-5-;7-5-,8-6+;. The molecule has 5 nitrogen and oxygen atoms in total. The molecule has 8 heteroatoms. The van der Waals surface area contributed by atoms with Gasteiger partial charge in [-0.3, -0.25) is 0 Å². The highest BCUT2D eigenvalue weighted by atomic mass is 19.4. The molecule has 0 saturated heterocycles. The van der Waals surface area contributed by atoms with Gasteiger partial charge in [0.15, 0.2) is 0 Å². The highest BCUT2D eigenvalue weighted by Crippen LogP contribution is 2.36. The first-order valence-corrected chi connectivity index (χ1v) is 10.8. The number of aryl methyl sites for hydroxylation is 1. The van der Waals surface area contributed by atoms with E-state index in [-0.39, 0.29) is 0 Å². The zero-order valence-electron chi connectivity index (χ0n) is 20.6. The molecule has 0 unspecified atom stereocenters. The van der Waals surface area contributed by atoms with Crippen LogP contribution in [0, 0.1) is 12.8 Å². The number of carbonyl (C=O) groups excluding carboxylic acids is 1. The maximum absolute atomic E-state index is 11.9. The molecule has 0 spiro atoms. The quantitative estimate of drug-likeness (QED) is 0.365. The lowest BCUT2D eigenvalue weighted by Gasteiger charge is -2.41. The van der Waals surface area contributed by atoms with Crippen LogP contribution in [0.5, 0.6) is 0 Å². The van der Waals surface area contributed by atoms with Gasteiger partial charge < -0.3 is 14.8 Å². The molecule has 188 valence electrons. The molecule has 34 heavy (non-hydrogen) atoms. The van der Waals surface area contributed by atoms with Crippen LogP contribution in [0.1, 0.15) is 44.4 Å². The van der Waals surface area contributed by atoms with Crippen molar-refractivity contribution in [2.24, 2.45) is 5.92 Å². The number of aliphatic hydroxyl groups excluding tert-OH is 1. The summed E-state index contributed by atoms with van der Waals surface area (Å²) in [6.07, 6.45) is 10.8. The smallest absolute Gasteiger partial charge is 0.400 e. The van der Waals surface area contributed by atoms with E-state index >= 15 is 0 Å². The summed E-state index contributed by atoms with van der Waals surface area (Å²) in [6, 6.07) is 0.463. The number of carbonyl (C=O) groups is 1. The zero-order valence-corrected chi connectivity index (χ0v) is 20.6. The number of aliphatic hydroxyl groups is 1. The van der Waals surface area contributed by atoms with Crippen LogP contribution in [-0.4, -0.2) is 47.7 Å². The van der Waals surface area contributed by atoms with Crippen molar-refractivity contribution in [1.82, 2.24) is 9.97 Å². The van der Waals surface area contributed by atoms with Crippen molar-refractivity contribution in [3.63, 3.8) is 0 Å². The molecule has 0 aliphatic heterocycles. The van der Waals surface area contributed by atoms with Crippen LogP contribution >= 0.6 is 0 Å². The summed E-state index contributed by atoms with van der Waals surface area (Å²) in [4.78, 5) is 21.4. The summed E-state index contributed by atoms with van der Waals surface area (Å²) >= 11 is 0. The van der Waals surface area contributed by atoms with Gasteiger partial charge in [-0.1, -0.05) is 49.1 Å². The fraction of sp³-hybridized carbons (Fsp3) is 0.423. The molecule has 2 rings (SSSR count). The van der Waals surface area contributed by atoms with E-state index in [2.05, 4.69) is 35.1 Å². The minimum Gasteiger partial charge on any atom is -0.400 e. The van der Waals surface area contributed by atoms with Crippen molar-refractivity contribution in [1.29, 1.82) is 0 Å². The predicted molar refractivity (Wildman–Crippen MR) is 134 cm³/mol. The molecule has 0 radical (unpaired) electrons. The molecule has 1 saturated carbocycles. The Hall–Kier alpha value is -3.00. The van der Waals surface area contributed by atoms with Crippen LogP contribution < -0.4 is 4.90 Å². The predicted octanol–water partition coefficient (Wildman–Crippen LogP) is 6.02. The van der Waals surface area contributed by atoms with Gasteiger partial charge in [0, 0.05) is 37.8 Å². The van der Waals surface area contributed by atoms with Crippen molar-refractivity contribution >= 4 is 18.2 Å². The fourth-order valence-corrected chi connectivity index (χ4v) is 3.05. The molecule has 0 aromatic carbocycles. The largest absolute Gasteiger partial charge is 0.412 e. The second-order valence-corrected chi connectivity index (χ2v) is 7.76. The molecule has 0 atom stereocenters. The Morgan fingerprint density at radius 1 is 1.21 bits per heavy atom. The second-order valence-electron chi connectivity index (χ2n) is 7.76. The van der Waals surface area contributed by atoms with E-state index < -0.39 is 11.7 Å². The van der Waals surface area contributed by atoms with Gasteiger partial charge in [0.05, 0.1) is 5.69 Å². The molecule has 1 aromatic rings. The minimum atomic E-state index is -4.22. The molecular formula is C26H36F3N3O2. The van der Waals surface area contributed by atoms with Crippen molar-refractivity contribution in [2.75, 3.05) is 19.1 Å². The maximum Gasteiger partial charge on any atom is 0.412 e. The average molecular weight is 480 g/mol. The van der Waals surface area contributed by atoms with Crippen molar-refractivity contribution in [2.45, 2.75) is 52.3 Å². The average Bonchev–Trinajstić information content (AvgIpc) is 2.79. The van der Waals surface area contributed by atoms with Gasteiger partial charge in [0.2, 0.25) is 0 Å². The van der Waals surface area contributed by atoms with Crippen LogP contribution in [0.3, 0.4) is 0 Å². The van der Waals surface area contributed by atoms with Crippen molar-refractivity contribution in [3.05, 3.63) is 72.3 Å². The van der Waals surface area contributed by atoms with E-state index in [0.717, 1.165) is 56.3 Å². The van der Waals surface area contributed by atoms with E-state index in [1.165, 1.54) is 12.2 Å². The summed E-state index contributed by atoms with van der Waals surface area (Å²) in [5.74, 6) is 1.49. The Balaban J connectivity index is 0.000000670. The normalized spacial score (nSPS) is 18.0. The van der Waals surface area contributed by atoms with Gasteiger partial charge in [0.1, 0.15) is 18.4 Å². The molecule has 1 aliphatic rings. The molecule has 1 fully saturated rings. The van der Waals surface area contributed by atoms with E-state index in [0.29, 0.717) is 24.0 Å². The van der Waals surface area contributed by atoms with E-state index in [4.69, 9.17) is 5.11 Å². The number of halogens is 3. The molecule has 1 aliphatic carbocycles. The van der Waals surface area contributed by atoms with E-state index in [1.807, 2.05) is 19.1 Å². The fourth-order valence-electron chi connectivity index (χ4n) is 3.05. The summed E-state index contributed by atoms with van der Waals surface area (Å²) in [5.41, 5.74) is 2.10. The lowest BCUT2D eigenvalue weighted by atomic mass is 9.77. The van der Waals surface area contributed by atoms with Gasteiger partial charge in [-0.2, -0.15) is 13.2 Å². The monoisotopic (exact) mass is 479 g/mol. The number of nitrogens with zero attached hydrogens (tertiary/aromatic N) is 3. The number of hydrogen-bond acceptors (Lipinski definition) is 5. The van der Waals surface area contributed by atoms with Gasteiger partial charge in [-0.15, -0.1) is 0 Å². The topological polar surface area (TPSA) is 66.3 Å². The van der Waals surface area contributed by atoms with Gasteiger partial charge in [0.25, 0.3) is 0 Å². The second kappa shape index (κ2) is 15.8. The Morgan fingerprint density at radius 2 is 1.82 bits per heavy atom. The highest BCUT2D eigenvalue weighted by molar-refractivity contribution is 5.66. The molecule has 1 N–H and O–H groups in total. The molecule has 1 aromatic heterocycles. The number of hydrogen-bond donors (Lipinski definition) is 1. The minimum absolute atomic E-state index is 0.463.